The number of para-hydroxylation sites is 3. The maximum Gasteiger partial charge on any atom is 0.137 e. The highest BCUT2D eigenvalue weighted by Crippen LogP contribution is 2.39. The molecule has 10 rings (SSSR count). The molecule has 0 saturated heterocycles. The fraction of sp³-hybridized carbons (Fsp3) is 0.0465. The summed E-state index contributed by atoms with van der Waals surface area (Å²) in [5.74, 6) is 0. The summed E-state index contributed by atoms with van der Waals surface area (Å²) >= 11 is 0. The van der Waals surface area contributed by atoms with Crippen LogP contribution >= 0.6 is 0 Å². The molecule has 3 aromatic heterocycles. The molecule has 0 amide bonds. The van der Waals surface area contributed by atoms with Gasteiger partial charge in [0, 0.05) is 50.1 Å². The van der Waals surface area contributed by atoms with Crippen molar-refractivity contribution < 1.29 is 4.42 Å². The Balaban J connectivity index is 1.13. The zero-order valence-electron chi connectivity index (χ0n) is 25.4. The predicted octanol–water partition coefficient (Wildman–Crippen LogP) is 11.1. The summed E-state index contributed by atoms with van der Waals surface area (Å²) in [6, 6.07) is 47.2. The van der Waals surface area contributed by atoms with Gasteiger partial charge in [0.2, 0.25) is 0 Å². The molecular weight excluding hydrogens is 574 g/mol. The Morgan fingerprint density at radius 3 is 2.13 bits per heavy atom. The van der Waals surface area contributed by atoms with E-state index < -0.39 is 0 Å². The van der Waals surface area contributed by atoms with Crippen molar-refractivity contribution in [2.75, 3.05) is 0 Å². The van der Waals surface area contributed by atoms with Gasteiger partial charge in [0.1, 0.15) is 11.2 Å². The van der Waals surface area contributed by atoms with Crippen LogP contribution in [0.4, 0.5) is 0 Å². The molecule has 0 unspecified atom stereocenters. The number of nitrogens with zero attached hydrogens (tertiary/aromatic N) is 3. The lowest BCUT2D eigenvalue weighted by atomic mass is 10.0. The van der Waals surface area contributed by atoms with E-state index in [0.717, 1.165) is 68.3 Å². The number of hydrogen-bond acceptors (Lipinski definition) is 2. The molecular formula is C43H27N3O. The summed E-state index contributed by atoms with van der Waals surface area (Å²) in [6.45, 7) is 0. The molecule has 0 aliphatic heterocycles. The lowest BCUT2D eigenvalue weighted by Gasteiger charge is -2.14. The zero-order valence-corrected chi connectivity index (χ0v) is 25.4. The lowest BCUT2D eigenvalue weighted by molar-refractivity contribution is 0.669. The number of nitriles is 1. The van der Waals surface area contributed by atoms with Gasteiger partial charge in [-0.15, -0.1) is 0 Å². The molecule has 47 heavy (non-hydrogen) atoms. The number of fused-ring (bicyclic) bond motifs is 9. The maximum absolute atomic E-state index is 10.1. The number of furan rings is 1. The summed E-state index contributed by atoms with van der Waals surface area (Å²) in [6.07, 6.45) is 6.55. The van der Waals surface area contributed by atoms with Crippen LogP contribution in [-0.2, 0) is 6.42 Å². The third-order valence-electron chi connectivity index (χ3n) is 9.79. The summed E-state index contributed by atoms with van der Waals surface area (Å²) in [5, 5.41) is 16.0. The molecule has 0 N–H and O–H groups in total. The number of aromatic nitrogens is 2. The molecule has 6 aromatic carbocycles. The lowest BCUT2D eigenvalue weighted by Crippen LogP contribution is -2.01. The van der Waals surface area contributed by atoms with Gasteiger partial charge in [-0.1, -0.05) is 72.8 Å². The molecule has 0 spiro atoms. The molecule has 0 saturated carbocycles. The van der Waals surface area contributed by atoms with Gasteiger partial charge in [0.25, 0.3) is 0 Å². The minimum Gasteiger partial charge on any atom is -0.456 e. The highest BCUT2D eigenvalue weighted by molar-refractivity contribution is 6.17. The SMILES string of the molecule is N#Cc1cc(-c2ccc(-n3c4ccccc4c4cc5c(cc43)oc3ccccc35)cc2)cc(-n2c3c(c4ccccc42)CCC=C3)c1. The monoisotopic (exact) mass is 601 g/mol. The van der Waals surface area contributed by atoms with Crippen molar-refractivity contribution >= 4 is 60.7 Å². The molecule has 0 radical (unpaired) electrons. The predicted molar refractivity (Wildman–Crippen MR) is 192 cm³/mol. The third kappa shape index (κ3) is 3.81. The molecule has 0 bridgehead atoms. The first kappa shape index (κ1) is 26.0. The van der Waals surface area contributed by atoms with E-state index in [1.165, 1.54) is 32.9 Å². The molecule has 220 valence electrons. The molecule has 4 nitrogen and oxygen atoms in total. The molecule has 3 heterocycles. The van der Waals surface area contributed by atoms with Crippen LogP contribution in [0.25, 0.3) is 83.2 Å². The van der Waals surface area contributed by atoms with Crippen molar-refractivity contribution in [1.82, 2.24) is 9.13 Å². The van der Waals surface area contributed by atoms with Gasteiger partial charge in [-0.05, 0) is 90.2 Å². The van der Waals surface area contributed by atoms with E-state index in [2.05, 4.69) is 130 Å². The Labute approximate surface area is 270 Å². The van der Waals surface area contributed by atoms with Crippen LogP contribution in [0.1, 0.15) is 23.2 Å². The fourth-order valence-electron chi connectivity index (χ4n) is 7.71. The van der Waals surface area contributed by atoms with Crippen LogP contribution in [0.3, 0.4) is 0 Å². The molecule has 4 heteroatoms. The average Bonchev–Trinajstić information content (AvgIpc) is 3.78. The Kier molecular flexibility index (Phi) is 5.44. The second-order valence-electron chi connectivity index (χ2n) is 12.4. The molecule has 0 fully saturated rings. The van der Waals surface area contributed by atoms with E-state index in [1.54, 1.807) is 0 Å². The summed E-state index contributed by atoms with van der Waals surface area (Å²) < 4.78 is 10.9. The Bertz CT molecular complexity index is 2800. The highest BCUT2D eigenvalue weighted by Gasteiger charge is 2.20. The summed E-state index contributed by atoms with van der Waals surface area (Å²) in [7, 11) is 0. The van der Waals surface area contributed by atoms with Gasteiger partial charge < -0.3 is 13.6 Å². The van der Waals surface area contributed by atoms with Crippen LogP contribution in [0.5, 0.6) is 0 Å². The number of allylic oxidation sites excluding steroid dienone is 1. The van der Waals surface area contributed by atoms with E-state index in [-0.39, 0.29) is 0 Å². The minimum atomic E-state index is 0.644. The Morgan fingerprint density at radius 2 is 1.30 bits per heavy atom. The molecule has 1 aliphatic carbocycles. The minimum absolute atomic E-state index is 0.644. The first-order valence-electron chi connectivity index (χ1n) is 16.0. The van der Waals surface area contributed by atoms with Crippen molar-refractivity contribution in [2.45, 2.75) is 12.8 Å². The number of benzene rings is 6. The fourth-order valence-corrected chi connectivity index (χ4v) is 7.71. The first-order chi connectivity index (χ1) is 23.2. The van der Waals surface area contributed by atoms with Crippen molar-refractivity contribution in [1.29, 1.82) is 5.26 Å². The van der Waals surface area contributed by atoms with Crippen LogP contribution in [0.2, 0.25) is 0 Å². The molecule has 9 aromatic rings. The average molecular weight is 602 g/mol. The number of aryl methyl sites for hydroxylation is 1. The van der Waals surface area contributed by atoms with E-state index in [4.69, 9.17) is 4.42 Å². The van der Waals surface area contributed by atoms with Gasteiger partial charge in [-0.25, -0.2) is 0 Å². The van der Waals surface area contributed by atoms with Crippen molar-refractivity contribution in [3.8, 4) is 28.6 Å². The quantitative estimate of drug-likeness (QED) is 0.202. The van der Waals surface area contributed by atoms with Crippen LogP contribution in [-0.4, -0.2) is 9.13 Å². The topological polar surface area (TPSA) is 46.8 Å². The standard InChI is InChI=1S/C43H27N3O/c44-26-27-21-29(23-31(22-27)46-38-13-5-1-9-32(38)33-10-2-6-14-39(33)46)28-17-19-30(20-18-28)45-40-15-7-3-11-34(40)36-24-37-35-12-4-8-16-42(35)47-43(37)25-41(36)45/h1,3-9,11-25H,2,10H2. The largest absolute Gasteiger partial charge is 0.456 e. The van der Waals surface area contributed by atoms with E-state index in [0.29, 0.717) is 5.56 Å². The van der Waals surface area contributed by atoms with Crippen LogP contribution in [0, 0.1) is 11.3 Å². The second-order valence-corrected chi connectivity index (χ2v) is 12.4. The van der Waals surface area contributed by atoms with Crippen LogP contribution < -0.4 is 0 Å². The zero-order chi connectivity index (χ0) is 31.1. The van der Waals surface area contributed by atoms with Gasteiger partial charge >= 0.3 is 0 Å². The van der Waals surface area contributed by atoms with Gasteiger partial charge in [-0.3, -0.25) is 0 Å². The van der Waals surface area contributed by atoms with E-state index in [1.807, 2.05) is 24.3 Å². The van der Waals surface area contributed by atoms with Gasteiger partial charge in [0.15, 0.2) is 0 Å². The van der Waals surface area contributed by atoms with Crippen molar-refractivity contribution in [2.24, 2.45) is 0 Å². The van der Waals surface area contributed by atoms with Gasteiger partial charge in [-0.2, -0.15) is 5.26 Å². The normalized spacial score (nSPS) is 12.8. The van der Waals surface area contributed by atoms with Gasteiger partial charge in [0.05, 0.1) is 28.2 Å². The maximum atomic E-state index is 10.1. The van der Waals surface area contributed by atoms with Crippen molar-refractivity contribution in [3.05, 3.63) is 150 Å². The Hall–Kier alpha value is -6.31. The molecule has 0 atom stereocenters. The first-order valence-corrected chi connectivity index (χ1v) is 16.0. The molecule has 1 aliphatic rings. The van der Waals surface area contributed by atoms with Crippen LogP contribution in [0.15, 0.2) is 138 Å². The number of rotatable bonds is 3. The second kappa shape index (κ2) is 9.84. The summed E-state index contributed by atoms with van der Waals surface area (Å²) in [5.41, 5.74) is 12.6. The van der Waals surface area contributed by atoms with E-state index >= 15 is 0 Å². The Morgan fingerprint density at radius 1 is 0.553 bits per heavy atom. The third-order valence-corrected chi connectivity index (χ3v) is 9.79. The summed E-state index contributed by atoms with van der Waals surface area (Å²) in [4.78, 5) is 0. The smallest absolute Gasteiger partial charge is 0.137 e. The highest BCUT2D eigenvalue weighted by atomic mass is 16.3. The van der Waals surface area contributed by atoms with Crippen molar-refractivity contribution in [3.63, 3.8) is 0 Å². The van der Waals surface area contributed by atoms with E-state index in [9.17, 15) is 5.26 Å². The number of hydrogen-bond donors (Lipinski definition) is 0.